The molecule has 7 rings (SSSR count). The summed E-state index contributed by atoms with van der Waals surface area (Å²) in [4.78, 5) is 0. The van der Waals surface area contributed by atoms with Crippen LogP contribution in [0, 0.1) is 35.5 Å². The van der Waals surface area contributed by atoms with Crippen molar-refractivity contribution in [1.29, 1.82) is 0 Å². The summed E-state index contributed by atoms with van der Waals surface area (Å²) in [5.74, 6) is 5.50. The number of aliphatic hydroxyl groups excluding tert-OH is 1. The Hall–Kier alpha value is -3.56. The number of hydrogen-bond donors (Lipinski definition) is 1. The SMILES string of the molecule is CCCOC1=CC2=CCC3CC[C@@H]4CC=C5C=C(OCCO)C=CC5C4C(c4ccc(-c5ccccc5)cc4)C3[C@@H]2C=C1. The summed E-state index contributed by atoms with van der Waals surface area (Å²) >= 11 is 0. The Morgan fingerprint density at radius 2 is 1.26 bits per heavy atom. The van der Waals surface area contributed by atoms with Gasteiger partial charge in [-0.2, -0.15) is 0 Å². The number of aliphatic hydroxyl groups is 1. The second kappa shape index (κ2) is 12.6. The Kier molecular flexibility index (Phi) is 8.26. The first-order chi connectivity index (χ1) is 21.2. The molecule has 0 radical (unpaired) electrons. The number of rotatable bonds is 8. The molecule has 1 saturated carbocycles. The summed E-state index contributed by atoms with van der Waals surface area (Å²) < 4.78 is 11.9. The third-order valence-electron chi connectivity index (χ3n) is 10.5. The molecule has 0 bridgehead atoms. The summed E-state index contributed by atoms with van der Waals surface area (Å²) in [5, 5.41) is 9.32. The highest BCUT2D eigenvalue weighted by atomic mass is 16.5. The van der Waals surface area contributed by atoms with Gasteiger partial charge in [0.15, 0.2) is 0 Å². The van der Waals surface area contributed by atoms with Crippen molar-refractivity contribution in [2.45, 2.75) is 44.9 Å². The largest absolute Gasteiger partial charge is 0.494 e. The molecule has 0 spiro atoms. The molecule has 3 heteroatoms. The van der Waals surface area contributed by atoms with Gasteiger partial charge in [0.05, 0.1) is 13.2 Å². The summed E-state index contributed by atoms with van der Waals surface area (Å²) in [6.45, 7) is 3.30. The summed E-state index contributed by atoms with van der Waals surface area (Å²) in [6.07, 6.45) is 24.7. The fourth-order valence-electron chi connectivity index (χ4n) is 8.68. The Bertz CT molecular complexity index is 1400. The maximum Gasteiger partial charge on any atom is 0.119 e. The number of ether oxygens (including phenoxy) is 2. The van der Waals surface area contributed by atoms with Crippen molar-refractivity contribution in [2.24, 2.45) is 35.5 Å². The van der Waals surface area contributed by atoms with Crippen molar-refractivity contribution in [3.63, 3.8) is 0 Å². The molecular formula is C40H44O3. The third kappa shape index (κ3) is 5.60. The molecule has 2 aromatic carbocycles. The van der Waals surface area contributed by atoms with Gasteiger partial charge < -0.3 is 14.6 Å². The van der Waals surface area contributed by atoms with Gasteiger partial charge in [-0.1, -0.05) is 85.8 Å². The normalized spacial score (nSPS) is 30.7. The maximum absolute atomic E-state index is 9.32. The van der Waals surface area contributed by atoms with Crippen LogP contribution in [0.3, 0.4) is 0 Å². The van der Waals surface area contributed by atoms with Crippen LogP contribution >= 0.6 is 0 Å². The minimum atomic E-state index is 0.0346. The summed E-state index contributed by atoms with van der Waals surface area (Å²) in [5.41, 5.74) is 6.88. The van der Waals surface area contributed by atoms with E-state index in [4.69, 9.17) is 9.47 Å². The van der Waals surface area contributed by atoms with Crippen LogP contribution in [0.2, 0.25) is 0 Å². The molecule has 3 nitrogen and oxygen atoms in total. The molecule has 43 heavy (non-hydrogen) atoms. The number of hydrogen-bond acceptors (Lipinski definition) is 3. The lowest BCUT2D eigenvalue weighted by atomic mass is 9.56. The van der Waals surface area contributed by atoms with Crippen LogP contribution in [-0.4, -0.2) is 24.9 Å². The highest BCUT2D eigenvalue weighted by molar-refractivity contribution is 5.63. The first kappa shape index (κ1) is 28.2. The van der Waals surface area contributed by atoms with Gasteiger partial charge in [0.25, 0.3) is 0 Å². The van der Waals surface area contributed by atoms with E-state index in [9.17, 15) is 5.11 Å². The fourth-order valence-corrected chi connectivity index (χ4v) is 8.68. The number of allylic oxidation sites excluding steroid dienone is 10. The van der Waals surface area contributed by atoms with E-state index in [1.165, 1.54) is 40.7 Å². The number of benzene rings is 2. The van der Waals surface area contributed by atoms with Crippen molar-refractivity contribution in [3.05, 3.63) is 131 Å². The Morgan fingerprint density at radius 1 is 0.698 bits per heavy atom. The van der Waals surface area contributed by atoms with Gasteiger partial charge in [-0.15, -0.1) is 0 Å². The van der Waals surface area contributed by atoms with Crippen LogP contribution in [0.4, 0.5) is 0 Å². The van der Waals surface area contributed by atoms with Gasteiger partial charge in [-0.25, -0.2) is 0 Å². The highest BCUT2D eigenvalue weighted by Gasteiger charge is 2.50. The molecule has 0 amide bonds. The Labute approximate surface area is 257 Å². The van der Waals surface area contributed by atoms with Crippen molar-refractivity contribution >= 4 is 0 Å². The van der Waals surface area contributed by atoms with Crippen LogP contribution < -0.4 is 0 Å². The lowest BCUT2D eigenvalue weighted by molar-refractivity contribution is 0.143. The lowest BCUT2D eigenvalue weighted by Gasteiger charge is -2.47. The standard InChI is InChI=1S/C40H44O3/c1-2-23-42-34-18-20-36-32(25-34)16-14-29-12-13-30-15-17-33-26-35(43-24-22-41)19-21-37(33)39(30)40(38(29)36)31-10-8-28(9-11-31)27-6-4-3-5-7-27/h3-11,16-21,25-26,29-30,36-41H,2,12-15,22-24H2,1H3/t29?,30-,36-,37?,38?,39?,40?/m1/s1. The van der Waals surface area contributed by atoms with Gasteiger partial charge in [0.2, 0.25) is 0 Å². The molecule has 1 fully saturated rings. The van der Waals surface area contributed by atoms with E-state index in [2.05, 4.69) is 110 Å². The van der Waals surface area contributed by atoms with Crippen LogP contribution in [0.15, 0.2) is 126 Å². The predicted molar refractivity (Wildman–Crippen MR) is 174 cm³/mol. The molecule has 0 aliphatic heterocycles. The zero-order valence-corrected chi connectivity index (χ0v) is 25.3. The quantitative estimate of drug-likeness (QED) is 0.343. The van der Waals surface area contributed by atoms with Gasteiger partial charge in [0, 0.05) is 11.8 Å². The monoisotopic (exact) mass is 572 g/mol. The van der Waals surface area contributed by atoms with E-state index in [1.807, 2.05) is 0 Å². The molecule has 7 atom stereocenters. The predicted octanol–water partition coefficient (Wildman–Crippen LogP) is 8.93. The van der Waals surface area contributed by atoms with Crippen LogP contribution in [0.25, 0.3) is 11.1 Å². The van der Waals surface area contributed by atoms with Gasteiger partial charge in [0.1, 0.15) is 18.1 Å². The van der Waals surface area contributed by atoms with Crippen LogP contribution in [0.1, 0.15) is 50.5 Å². The molecule has 5 aliphatic carbocycles. The molecule has 0 aromatic heterocycles. The third-order valence-corrected chi connectivity index (χ3v) is 10.5. The molecule has 222 valence electrons. The maximum atomic E-state index is 9.32. The smallest absolute Gasteiger partial charge is 0.119 e. The first-order valence-corrected chi connectivity index (χ1v) is 16.4. The zero-order chi connectivity index (χ0) is 29.2. The lowest BCUT2D eigenvalue weighted by Crippen LogP contribution is -2.39. The Balaban J connectivity index is 1.29. The summed E-state index contributed by atoms with van der Waals surface area (Å²) in [6, 6.07) is 20.3. The first-order valence-electron chi connectivity index (χ1n) is 16.4. The van der Waals surface area contributed by atoms with Crippen LogP contribution in [-0.2, 0) is 9.47 Å². The van der Waals surface area contributed by atoms with E-state index in [1.54, 1.807) is 0 Å². The van der Waals surface area contributed by atoms with Gasteiger partial charge in [-0.05, 0) is 114 Å². The minimum Gasteiger partial charge on any atom is -0.494 e. The zero-order valence-electron chi connectivity index (χ0n) is 25.3. The van der Waals surface area contributed by atoms with Gasteiger partial charge in [-0.3, -0.25) is 0 Å². The second-order valence-corrected chi connectivity index (χ2v) is 12.9. The number of fused-ring (bicyclic) bond motifs is 6. The average molecular weight is 573 g/mol. The second-order valence-electron chi connectivity index (χ2n) is 12.9. The van der Waals surface area contributed by atoms with Crippen molar-refractivity contribution < 1.29 is 14.6 Å². The van der Waals surface area contributed by atoms with E-state index >= 15 is 0 Å². The molecule has 0 heterocycles. The average Bonchev–Trinajstić information content (AvgIpc) is 3.24. The Morgan fingerprint density at radius 3 is 1.81 bits per heavy atom. The van der Waals surface area contributed by atoms with E-state index in [0.717, 1.165) is 37.4 Å². The van der Waals surface area contributed by atoms with Crippen molar-refractivity contribution in [3.8, 4) is 11.1 Å². The molecular weight excluding hydrogens is 528 g/mol. The molecule has 0 saturated heterocycles. The molecule has 5 aliphatic rings. The highest BCUT2D eigenvalue weighted by Crippen LogP contribution is 2.59. The minimum absolute atomic E-state index is 0.0346. The van der Waals surface area contributed by atoms with E-state index in [0.29, 0.717) is 48.0 Å². The topological polar surface area (TPSA) is 38.7 Å². The van der Waals surface area contributed by atoms with Crippen molar-refractivity contribution in [1.82, 2.24) is 0 Å². The fraction of sp³-hybridized carbons (Fsp3) is 0.400. The molecule has 5 unspecified atom stereocenters. The molecule has 1 N–H and O–H groups in total. The van der Waals surface area contributed by atoms with Crippen molar-refractivity contribution in [2.75, 3.05) is 19.8 Å². The van der Waals surface area contributed by atoms with Gasteiger partial charge >= 0.3 is 0 Å². The van der Waals surface area contributed by atoms with Crippen LogP contribution in [0.5, 0.6) is 0 Å². The van der Waals surface area contributed by atoms with E-state index < -0.39 is 0 Å². The summed E-state index contributed by atoms with van der Waals surface area (Å²) in [7, 11) is 0. The molecule has 2 aromatic rings. The van der Waals surface area contributed by atoms with E-state index in [-0.39, 0.29) is 6.61 Å².